The molecule has 158 valence electrons. The SMILES string of the molecule is Cc1ccnc(NC(c2cccc(OC(F)(F)F)c2)c2ccc3cccnc3c2O)c1. The van der Waals surface area contributed by atoms with Crippen LogP contribution in [-0.4, -0.2) is 21.4 Å². The number of aromatic hydroxyl groups is 1. The Bertz CT molecular complexity index is 1230. The minimum atomic E-state index is -4.81. The van der Waals surface area contributed by atoms with Gasteiger partial charge in [-0.3, -0.25) is 4.98 Å². The number of benzene rings is 2. The maximum Gasteiger partial charge on any atom is 0.573 e. The van der Waals surface area contributed by atoms with E-state index in [4.69, 9.17) is 0 Å². The van der Waals surface area contributed by atoms with Crippen LogP contribution in [0.3, 0.4) is 0 Å². The number of fused-ring (bicyclic) bond motifs is 1. The lowest BCUT2D eigenvalue weighted by molar-refractivity contribution is -0.274. The minimum absolute atomic E-state index is 0.0644. The van der Waals surface area contributed by atoms with Gasteiger partial charge < -0.3 is 15.2 Å². The molecule has 2 heterocycles. The summed E-state index contributed by atoms with van der Waals surface area (Å²) >= 11 is 0. The first kappa shape index (κ1) is 20.5. The lowest BCUT2D eigenvalue weighted by atomic mass is 9.96. The second-order valence-corrected chi connectivity index (χ2v) is 6.99. The van der Waals surface area contributed by atoms with Crippen molar-refractivity contribution < 1.29 is 23.0 Å². The summed E-state index contributed by atoms with van der Waals surface area (Å²) in [5.41, 5.74) is 2.25. The standard InChI is InChI=1S/C23H18F3N3O2/c1-14-9-11-27-19(12-14)29-20(16-4-2-6-17(13-16)31-23(24,25)26)18-8-7-15-5-3-10-28-21(15)22(18)30/h2-13,20,30H,1H3,(H,27,29). The van der Waals surface area contributed by atoms with Crippen LogP contribution in [0, 0.1) is 6.92 Å². The van der Waals surface area contributed by atoms with Crippen LogP contribution in [-0.2, 0) is 0 Å². The summed E-state index contributed by atoms with van der Waals surface area (Å²) in [6.45, 7) is 1.90. The van der Waals surface area contributed by atoms with Gasteiger partial charge in [0.2, 0.25) is 0 Å². The first-order valence-corrected chi connectivity index (χ1v) is 9.42. The predicted molar refractivity (Wildman–Crippen MR) is 111 cm³/mol. The van der Waals surface area contributed by atoms with Crippen LogP contribution in [0.5, 0.6) is 11.5 Å². The molecule has 1 unspecified atom stereocenters. The number of phenols is 1. The van der Waals surface area contributed by atoms with Gasteiger partial charge in [0.25, 0.3) is 0 Å². The minimum Gasteiger partial charge on any atom is -0.505 e. The highest BCUT2D eigenvalue weighted by molar-refractivity contribution is 5.86. The molecule has 5 nitrogen and oxygen atoms in total. The van der Waals surface area contributed by atoms with Gasteiger partial charge in [-0.15, -0.1) is 13.2 Å². The Morgan fingerprint density at radius 2 is 1.81 bits per heavy atom. The van der Waals surface area contributed by atoms with Crippen LogP contribution in [0.2, 0.25) is 0 Å². The first-order valence-electron chi connectivity index (χ1n) is 9.42. The van der Waals surface area contributed by atoms with Gasteiger partial charge in [-0.2, -0.15) is 0 Å². The van der Waals surface area contributed by atoms with E-state index in [0.717, 1.165) is 10.9 Å². The maximum absolute atomic E-state index is 12.7. The molecule has 0 saturated heterocycles. The van der Waals surface area contributed by atoms with Crippen LogP contribution in [0.1, 0.15) is 22.7 Å². The van der Waals surface area contributed by atoms with E-state index in [1.807, 2.05) is 19.1 Å². The summed E-state index contributed by atoms with van der Waals surface area (Å²) < 4.78 is 42.3. The smallest absolute Gasteiger partial charge is 0.505 e. The third kappa shape index (κ3) is 4.69. The molecule has 0 radical (unpaired) electrons. The van der Waals surface area contributed by atoms with Crippen molar-refractivity contribution in [1.29, 1.82) is 0 Å². The van der Waals surface area contributed by atoms with E-state index in [-0.39, 0.29) is 11.5 Å². The normalized spacial score (nSPS) is 12.5. The van der Waals surface area contributed by atoms with Crippen molar-refractivity contribution in [3.05, 3.63) is 89.7 Å². The van der Waals surface area contributed by atoms with Crippen molar-refractivity contribution >= 4 is 16.7 Å². The highest BCUT2D eigenvalue weighted by atomic mass is 19.4. The molecule has 0 bridgehead atoms. The molecule has 8 heteroatoms. The Balaban J connectivity index is 1.83. The Morgan fingerprint density at radius 1 is 0.968 bits per heavy atom. The van der Waals surface area contributed by atoms with E-state index in [9.17, 15) is 18.3 Å². The van der Waals surface area contributed by atoms with Crippen molar-refractivity contribution in [2.24, 2.45) is 0 Å². The summed E-state index contributed by atoms with van der Waals surface area (Å²) in [7, 11) is 0. The van der Waals surface area contributed by atoms with Gasteiger partial charge in [0.15, 0.2) is 0 Å². The number of nitrogens with one attached hydrogen (secondary N) is 1. The molecule has 0 aliphatic carbocycles. The van der Waals surface area contributed by atoms with E-state index in [1.54, 1.807) is 42.7 Å². The zero-order valence-electron chi connectivity index (χ0n) is 16.4. The molecule has 4 aromatic rings. The molecule has 0 aliphatic heterocycles. The second-order valence-electron chi connectivity index (χ2n) is 6.99. The molecule has 0 amide bonds. The number of phenolic OH excluding ortho intramolecular Hbond substituents is 1. The van der Waals surface area contributed by atoms with Crippen LogP contribution >= 0.6 is 0 Å². The van der Waals surface area contributed by atoms with Crippen molar-refractivity contribution in [2.75, 3.05) is 5.32 Å². The number of pyridine rings is 2. The summed E-state index contributed by atoms with van der Waals surface area (Å²) in [5.74, 6) is 0.0884. The molecule has 31 heavy (non-hydrogen) atoms. The molecule has 2 aromatic carbocycles. The molecule has 0 aliphatic rings. The lowest BCUT2D eigenvalue weighted by Gasteiger charge is -2.23. The monoisotopic (exact) mass is 425 g/mol. The van der Waals surface area contributed by atoms with E-state index in [0.29, 0.717) is 22.5 Å². The summed E-state index contributed by atoms with van der Waals surface area (Å²) in [6.07, 6.45) is -1.62. The number of alkyl halides is 3. The molecule has 0 spiro atoms. The highest BCUT2D eigenvalue weighted by Gasteiger charge is 2.31. The van der Waals surface area contributed by atoms with Gasteiger partial charge in [-0.1, -0.05) is 30.3 Å². The number of ether oxygens (including phenoxy) is 1. The maximum atomic E-state index is 12.7. The van der Waals surface area contributed by atoms with Gasteiger partial charge in [-0.05, 0) is 48.4 Å². The van der Waals surface area contributed by atoms with Gasteiger partial charge >= 0.3 is 6.36 Å². The number of rotatable bonds is 5. The fourth-order valence-corrected chi connectivity index (χ4v) is 3.37. The molecule has 2 aromatic heterocycles. The third-order valence-electron chi connectivity index (χ3n) is 4.72. The molecule has 0 fully saturated rings. The molecule has 2 N–H and O–H groups in total. The third-order valence-corrected chi connectivity index (χ3v) is 4.72. The average molecular weight is 425 g/mol. The zero-order chi connectivity index (χ0) is 22.0. The predicted octanol–water partition coefficient (Wildman–Crippen LogP) is 5.74. The Kier molecular flexibility index (Phi) is 5.37. The fourth-order valence-electron chi connectivity index (χ4n) is 3.37. The van der Waals surface area contributed by atoms with Crippen LogP contribution in [0.15, 0.2) is 73.1 Å². The van der Waals surface area contributed by atoms with Crippen molar-refractivity contribution in [3.63, 3.8) is 0 Å². The number of nitrogens with zero attached hydrogens (tertiary/aromatic N) is 2. The zero-order valence-corrected chi connectivity index (χ0v) is 16.4. The largest absolute Gasteiger partial charge is 0.573 e. The van der Waals surface area contributed by atoms with E-state index in [2.05, 4.69) is 20.0 Å². The number of hydrogen-bond donors (Lipinski definition) is 2. The average Bonchev–Trinajstić information content (AvgIpc) is 2.72. The highest BCUT2D eigenvalue weighted by Crippen LogP contribution is 2.37. The van der Waals surface area contributed by atoms with Crippen LogP contribution in [0.25, 0.3) is 10.9 Å². The quantitative estimate of drug-likeness (QED) is 0.427. The number of hydrogen-bond acceptors (Lipinski definition) is 5. The number of aromatic nitrogens is 2. The summed E-state index contributed by atoms with van der Waals surface area (Å²) in [5, 5.41) is 14.9. The first-order chi connectivity index (χ1) is 14.8. The van der Waals surface area contributed by atoms with E-state index in [1.165, 1.54) is 18.2 Å². The summed E-state index contributed by atoms with van der Waals surface area (Å²) in [4.78, 5) is 8.52. The second kappa shape index (κ2) is 8.14. The molecular formula is C23H18F3N3O2. The number of anilines is 1. The number of aryl methyl sites for hydroxylation is 1. The topological polar surface area (TPSA) is 67.3 Å². The van der Waals surface area contributed by atoms with Gasteiger partial charge in [0.1, 0.15) is 22.8 Å². The van der Waals surface area contributed by atoms with E-state index < -0.39 is 12.4 Å². The van der Waals surface area contributed by atoms with Gasteiger partial charge in [-0.25, -0.2) is 4.98 Å². The van der Waals surface area contributed by atoms with Crippen molar-refractivity contribution in [3.8, 4) is 11.5 Å². The van der Waals surface area contributed by atoms with Crippen molar-refractivity contribution in [2.45, 2.75) is 19.3 Å². The Labute approximate surface area is 176 Å². The van der Waals surface area contributed by atoms with Gasteiger partial charge in [0, 0.05) is 23.3 Å². The Hall–Kier alpha value is -3.81. The summed E-state index contributed by atoms with van der Waals surface area (Å²) in [6, 6.07) is 15.6. The molecule has 0 saturated carbocycles. The molecule has 4 rings (SSSR count). The fraction of sp³-hybridized carbons (Fsp3) is 0.130. The van der Waals surface area contributed by atoms with Gasteiger partial charge in [0.05, 0.1) is 6.04 Å². The number of halogens is 3. The molecule has 1 atom stereocenters. The Morgan fingerprint density at radius 3 is 2.58 bits per heavy atom. The van der Waals surface area contributed by atoms with Crippen molar-refractivity contribution in [1.82, 2.24) is 9.97 Å². The lowest BCUT2D eigenvalue weighted by Crippen LogP contribution is -2.18. The van der Waals surface area contributed by atoms with Crippen LogP contribution in [0.4, 0.5) is 19.0 Å². The molecular weight excluding hydrogens is 407 g/mol. The van der Waals surface area contributed by atoms with E-state index >= 15 is 0 Å². The van der Waals surface area contributed by atoms with Crippen LogP contribution < -0.4 is 10.1 Å².